The highest BCUT2D eigenvalue weighted by Gasteiger charge is 2.30. The lowest BCUT2D eigenvalue weighted by atomic mass is 10.1. The van der Waals surface area contributed by atoms with E-state index in [1.54, 1.807) is 36.4 Å². The van der Waals surface area contributed by atoms with E-state index in [-0.39, 0.29) is 6.54 Å². The van der Waals surface area contributed by atoms with E-state index in [1.165, 1.54) is 6.07 Å². The molecule has 3 heterocycles. The summed E-state index contributed by atoms with van der Waals surface area (Å²) in [5.41, 5.74) is 1.65. The third-order valence-electron chi connectivity index (χ3n) is 5.21. The number of anilines is 3. The van der Waals surface area contributed by atoms with Crippen LogP contribution in [-0.2, 0) is 19.8 Å². The quantitative estimate of drug-likeness (QED) is 0.371. The Morgan fingerprint density at radius 3 is 2.53 bits per heavy atom. The zero-order valence-electron chi connectivity index (χ0n) is 18.0. The molecule has 0 fully saturated rings. The summed E-state index contributed by atoms with van der Waals surface area (Å²) in [6.07, 6.45) is -1.13. The molecule has 34 heavy (non-hydrogen) atoms. The average molecular weight is 464 g/mol. The number of fused-ring (bicyclic) bond motifs is 1. The molecule has 0 bridgehead atoms. The lowest BCUT2D eigenvalue weighted by molar-refractivity contribution is -0.137. The Kier molecular flexibility index (Phi) is 5.36. The first-order chi connectivity index (χ1) is 16.4. The molecule has 0 amide bonds. The molecular formula is C23H19F3N8. The lowest BCUT2D eigenvalue weighted by Gasteiger charge is -2.12. The molecule has 0 aliphatic carbocycles. The van der Waals surface area contributed by atoms with Crippen LogP contribution in [0.5, 0.6) is 0 Å². The number of rotatable bonds is 6. The van der Waals surface area contributed by atoms with Gasteiger partial charge in [-0.3, -0.25) is 9.25 Å². The topological polar surface area (TPSA) is 85.5 Å². The molecule has 0 unspecified atom stereocenters. The van der Waals surface area contributed by atoms with Gasteiger partial charge >= 0.3 is 6.18 Å². The van der Waals surface area contributed by atoms with Gasteiger partial charge in [0, 0.05) is 25.3 Å². The molecular weight excluding hydrogens is 445 g/mol. The van der Waals surface area contributed by atoms with Crippen molar-refractivity contribution in [3.8, 4) is 5.69 Å². The van der Waals surface area contributed by atoms with Crippen molar-refractivity contribution < 1.29 is 13.2 Å². The molecule has 0 atom stereocenters. The summed E-state index contributed by atoms with van der Waals surface area (Å²) in [6, 6.07) is 16.5. The SMILES string of the molecule is Cn1nccc1Nc1nc(NCc2cccc(C(F)(F)F)c2)c2ncn(-c3ccccc3)c2n1. The van der Waals surface area contributed by atoms with Gasteiger partial charge in [0.2, 0.25) is 5.95 Å². The number of nitrogens with zero attached hydrogens (tertiary/aromatic N) is 6. The minimum absolute atomic E-state index is 0.124. The third kappa shape index (κ3) is 4.27. The number of imidazole rings is 1. The number of hydrogen-bond acceptors (Lipinski definition) is 6. The molecule has 3 aromatic heterocycles. The van der Waals surface area contributed by atoms with E-state index in [9.17, 15) is 13.2 Å². The summed E-state index contributed by atoms with van der Waals surface area (Å²) in [4.78, 5) is 13.6. The van der Waals surface area contributed by atoms with Gasteiger partial charge in [0.25, 0.3) is 0 Å². The molecule has 0 radical (unpaired) electrons. The van der Waals surface area contributed by atoms with Gasteiger partial charge < -0.3 is 10.6 Å². The van der Waals surface area contributed by atoms with Crippen LogP contribution in [0.4, 0.5) is 30.8 Å². The first kappa shape index (κ1) is 21.4. The van der Waals surface area contributed by atoms with Gasteiger partial charge in [0.05, 0.1) is 11.8 Å². The van der Waals surface area contributed by atoms with Crippen LogP contribution in [0.3, 0.4) is 0 Å². The third-order valence-corrected chi connectivity index (χ3v) is 5.21. The number of benzene rings is 2. The summed E-state index contributed by atoms with van der Waals surface area (Å²) >= 11 is 0. The molecule has 5 aromatic rings. The van der Waals surface area contributed by atoms with E-state index in [4.69, 9.17) is 0 Å². The van der Waals surface area contributed by atoms with Crippen LogP contribution in [0, 0.1) is 0 Å². The molecule has 11 heteroatoms. The normalized spacial score (nSPS) is 11.6. The minimum atomic E-state index is -4.41. The van der Waals surface area contributed by atoms with Crippen molar-refractivity contribution in [3.63, 3.8) is 0 Å². The first-order valence-electron chi connectivity index (χ1n) is 10.3. The number of nitrogens with one attached hydrogen (secondary N) is 2. The van der Waals surface area contributed by atoms with Crippen LogP contribution in [0.25, 0.3) is 16.9 Å². The van der Waals surface area contributed by atoms with Crippen molar-refractivity contribution in [2.45, 2.75) is 12.7 Å². The van der Waals surface area contributed by atoms with Gasteiger partial charge in [-0.2, -0.15) is 28.2 Å². The number of hydrogen-bond donors (Lipinski definition) is 2. The molecule has 172 valence electrons. The highest BCUT2D eigenvalue weighted by Crippen LogP contribution is 2.30. The van der Waals surface area contributed by atoms with Gasteiger partial charge in [-0.1, -0.05) is 30.3 Å². The van der Waals surface area contributed by atoms with Crippen molar-refractivity contribution in [2.24, 2.45) is 7.05 Å². The van der Waals surface area contributed by atoms with Gasteiger partial charge in [-0.25, -0.2) is 4.98 Å². The largest absolute Gasteiger partial charge is 0.416 e. The maximum Gasteiger partial charge on any atom is 0.416 e. The Labute approximate surface area is 192 Å². The zero-order valence-corrected chi connectivity index (χ0v) is 18.0. The summed E-state index contributed by atoms with van der Waals surface area (Å²) in [7, 11) is 1.78. The van der Waals surface area contributed by atoms with Gasteiger partial charge in [0.1, 0.15) is 12.1 Å². The van der Waals surface area contributed by atoms with Crippen LogP contribution >= 0.6 is 0 Å². The van der Waals surface area contributed by atoms with Crippen molar-refractivity contribution in [1.29, 1.82) is 0 Å². The summed E-state index contributed by atoms with van der Waals surface area (Å²) in [5.74, 6) is 1.36. The Morgan fingerprint density at radius 2 is 1.79 bits per heavy atom. The second-order valence-corrected chi connectivity index (χ2v) is 7.53. The Morgan fingerprint density at radius 1 is 0.971 bits per heavy atom. The van der Waals surface area contributed by atoms with Crippen molar-refractivity contribution in [2.75, 3.05) is 10.6 Å². The fraction of sp³-hybridized carbons (Fsp3) is 0.130. The molecule has 0 spiro atoms. The van der Waals surface area contributed by atoms with Gasteiger partial charge in [-0.15, -0.1) is 0 Å². The Balaban J connectivity index is 1.53. The Bertz CT molecular complexity index is 1440. The molecule has 5 rings (SSSR count). The number of alkyl halides is 3. The summed E-state index contributed by atoms with van der Waals surface area (Å²) in [6.45, 7) is 0.124. The second-order valence-electron chi connectivity index (χ2n) is 7.53. The number of halogens is 3. The van der Waals surface area contributed by atoms with Crippen LogP contribution < -0.4 is 10.6 Å². The number of aromatic nitrogens is 6. The fourth-order valence-corrected chi connectivity index (χ4v) is 3.51. The molecule has 2 N–H and O–H groups in total. The predicted octanol–water partition coefficient (Wildman–Crippen LogP) is 4.92. The van der Waals surface area contributed by atoms with E-state index in [2.05, 4.69) is 30.7 Å². The highest BCUT2D eigenvalue weighted by atomic mass is 19.4. The van der Waals surface area contributed by atoms with Crippen molar-refractivity contribution in [1.82, 2.24) is 29.3 Å². The van der Waals surface area contributed by atoms with E-state index < -0.39 is 11.7 Å². The van der Waals surface area contributed by atoms with Crippen LogP contribution in [-0.4, -0.2) is 29.3 Å². The van der Waals surface area contributed by atoms with E-state index in [1.807, 2.05) is 34.9 Å². The highest BCUT2D eigenvalue weighted by molar-refractivity contribution is 5.85. The molecule has 2 aromatic carbocycles. The molecule has 0 aliphatic rings. The maximum absolute atomic E-state index is 13.1. The lowest BCUT2D eigenvalue weighted by Crippen LogP contribution is -2.09. The minimum Gasteiger partial charge on any atom is -0.364 e. The zero-order chi connectivity index (χ0) is 23.7. The van der Waals surface area contributed by atoms with Crippen LogP contribution in [0.2, 0.25) is 0 Å². The monoisotopic (exact) mass is 464 g/mol. The van der Waals surface area contributed by atoms with E-state index >= 15 is 0 Å². The van der Waals surface area contributed by atoms with E-state index in [0.29, 0.717) is 34.3 Å². The molecule has 8 nitrogen and oxygen atoms in total. The van der Waals surface area contributed by atoms with E-state index in [0.717, 1.165) is 17.8 Å². The van der Waals surface area contributed by atoms with Crippen LogP contribution in [0.15, 0.2) is 73.2 Å². The smallest absolute Gasteiger partial charge is 0.364 e. The van der Waals surface area contributed by atoms with Gasteiger partial charge in [-0.05, 0) is 29.8 Å². The Hall–Kier alpha value is -4.41. The molecule has 0 aliphatic heterocycles. The van der Waals surface area contributed by atoms with Gasteiger partial charge in [0.15, 0.2) is 17.0 Å². The van der Waals surface area contributed by atoms with Crippen LogP contribution in [0.1, 0.15) is 11.1 Å². The van der Waals surface area contributed by atoms with Crippen molar-refractivity contribution >= 4 is 28.7 Å². The number of aryl methyl sites for hydroxylation is 1. The summed E-state index contributed by atoms with van der Waals surface area (Å²) < 4.78 is 42.8. The average Bonchev–Trinajstić information content (AvgIpc) is 3.44. The first-order valence-corrected chi connectivity index (χ1v) is 10.3. The molecule has 0 saturated heterocycles. The second kappa shape index (κ2) is 8.50. The molecule has 0 saturated carbocycles. The number of para-hydroxylation sites is 1. The maximum atomic E-state index is 13.1. The predicted molar refractivity (Wildman–Crippen MR) is 122 cm³/mol. The summed E-state index contributed by atoms with van der Waals surface area (Å²) in [5, 5.41) is 10.4. The van der Waals surface area contributed by atoms with Crippen molar-refractivity contribution in [3.05, 3.63) is 84.3 Å². The standard InChI is InChI=1S/C23H19F3N8/c1-33-18(10-11-29-33)30-22-31-20(27-13-15-6-5-7-16(12-15)23(24,25)26)19-21(32-22)34(14-28-19)17-8-3-2-4-9-17/h2-12,14H,13H2,1H3,(H2,27,30,31,32). The fourth-order valence-electron chi connectivity index (χ4n) is 3.51.